The summed E-state index contributed by atoms with van der Waals surface area (Å²) in [5.41, 5.74) is 1.73. The first-order valence-electron chi connectivity index (χ1n) is 7.07. The SMILES string of the molecule is Cc1nc(C)c(C(=O)N(c2ccccc2)[C@@H]2CCOC2)s1. The summed E-state index contributed by atoms with van der Waals surface area (Å²) in [7, 11) is 0. The second-order valence-corrected chi connectivity index (χ2v) is 6.38. The van der Waals surface area contributed by atoms with Gasteiger partial charge in [0.05, 0.1) is 23.4 Å². The number of thiazole rings is 1. The lowest BCUT2D eigenvalue weighted by Gasteiger charge is -2.27. The fourth-order valence-electron chi connectivity index (χ4n) is 2.65. The maximum atomic E-state index is 13.0. The summed E-state index contributed by atoms with van der Waals surface area (Å²) in [5, 5.41) is 0.923. The second kappa shape index (κ2) is 5.95. The third-order valence-corrected chi connectivity index (χ3v) is 4.68. The molecule has 3 rings (SSSR count). The van der Waals surface area contributed by atoms with E-state index in [2.05, 4.69) is 4.98 Å². The van der Waals surface area contributed by atoms with Crippen LogP contribution in [0.1, 0.15) is 26.8 Å². The van der Waals surface area contributed by atoms with Crippen molar-refractivity contribution in [3.05, 3.63) is 45.9 Å². The summed E-state index contributed by atoms with van der Waals surface area (Å²) in [5.74, 6) is 0.0276. The molecule has 1 fully saturated rings. The van der Waals surface area contributed by atoms with E-state index in [4.69, 9.17) is 4.74 Å². The number of ether oxygens (including phenoxy) is 1. The minimum absolute atomic E-state index is 0.0276. The molecule has 1 saturated heterocycles. The predicted molar refractivity (Wildman–Crippen MR) is 84.1 cm³/mol. The van der Waals surface area contributed by atoms with Gasteiger partial charge in [-0.2, -0.15) is 0 Å². The molecule has 1 amide bonds. The molecule has 0 saturated carbocycles. The highest BCUT2D eigenvalue weighted by Gasteiger charge is 2.31. The number of amides is 1. The summed E-state index contributed by atoms with van der Waals surface area (Å²) < 4.78 is 5.47. The minimum atomic E-state index is 0.0276. The summed E-state index contributed by atoms with van der Waals surface area (Å²) >= 11 is 1.46. The number of aromatic nitrogens is 1. The molecule has 1 aromatic carbocycles. The minimum Gasteiger partial charge on any atom is -0.379 e. The van der Waals surface area contributed by atoms with Gasteiger partial charge in [0.15, 0.2) is 0 Å². The molecule has 0 aliphatic carbocycles. The van der Waals surface area contributed by atoms with Crippen molar-refractivity contribution in [1.82, 2.24) is 4.98 Å². The van der Waals surface area contributed by atoms with Crippen LogP contribution in [0, 0.1) is 13.8 Å². The molecule has 0 radical (unpaired) electrons. The third kappa shape index (κ3) is 2.84. The molecule has 110 valence electrons. The Morgan fingerprint density at radius 1 is 1.33 bits per heavy atom. The van der Waals surface area contributed by atoms with Crippen molar-refractivity contribution in [1.29, 1.82) is 0 Å². The van der Waals surface area contributed by atoms with Crippen LogP contribution in [0.3, 0.4) is 0 Å². The second-order valence-electron chi connectivity index (χ2n) is 5.18. The molecule has 0 unspecified atom stereocenters. The topological polar surface area (TPSA) is 42.4 Å². The van der Waals surface area contributed by atoms with Crippen LogP contribution in [0.2, 0.25) is 0 Å². The molecular formula is C16H18N2O2S. The first-order chi connectivity index (χ1) is 10.2. The summed E-state index contributed by atoms with van der Waals surface area (Å²) in [4.78, 5) is 20.0. The Labute approximate surface area is 128 Å². The lowest BCUT2D eigenvalue weighted by atomic mass is 10.1. The average Bonchev–Trinajstić information content (AvgIpc) is 3.10. The van der Waals surface area contributed by atoms with Crippen LogP contribution in [0.25, 0.3) is 0 Å². The Morgan fingerprint density at radius 2 is 2.10 bits per heavy atom. The number of aryl methyl sites for hydroxylation is 2. The van der Waals surface area contributed by atoms with Crippen molar-refractivity contribution >= 4 is 22.9 Å². The first-order valence-corrected chi connectivity index (χ1v) is 7.89. The molecule has 1 aliphatic heterocycles. The highest BCUT2D eigenvalue weighted by Crippen LogP contribution is 2.27. The van der Waals surface area contributed by atoms with Crippen LogP contribution in [-0.2, 0) is 4.74 Å². The van der Waals surface area contributed by atoms with E-state index in [0.29, 0.717) is 13.2 Å². The highest BCUT2D eigenvalue weighted by molar-refractivity contribution is 7.13. The van der Waals surface area contributed by atoms with Crippen LogP contribution in [0.15, 0.2) is 30.3 Å². The van der Waals surface area contributed by atoms with Gasteiger partial charge in [0.25, 0.3) is 5.91 Å². The van der Waals surface area contributed by atoms with Gasteiger partial charge in [-0.25, -0.2) is 4.98 Å². The average molecular weight is 302 g/mol. The van der Waals surface area contributed by atoms with Crippen molar-refractivity contribution in [2.45, 2.75) is 26.3 Å². The number of carbonyl (C=O) groups is 1. The van der Waals surface area contributed by atoms with Gasteiger partial charge in [-0.1, -0.05) is 18.2 Å². The quantitative estimate of drug-likeness (QED) is 0.874. The largest absolute Gasteiger partial charge is 0.379 e. The number of hydrogen-bond donors (Lipinski definition) is 0. The summed E-state index contributed by atoms with van der Waals surface area (Å²) in [6.07, 6.45) is 0.872. The molecule has 5 heteroatoms. The van der Waals surface area contributed by atoms with Gasteiger partial charge < -0.3 is 9.64 Å². The Balaban J connectivity index is 1.99. The molecule has 21 heavy (non-hydrogen) atoms. The van der Waals surface area contributed by atoms with Crippen LogP contribution in [-0.4, -0.2) is 30.1 Å². The van der Waals surface area contributed by atoms with E-state index in [1.165, 1.54) is 11.3 Å². The molecule has 2 heterocycles. The molecule has 1 atom stereocenters. The maximum Gasteiger partial charge on any atom is 0.270 e. The van der Waals surface area contributed by atoms with E-state index in [-0.39, 0.29) is 11.9 Å². The fourth-order valence-corrected chi connectivity index (χ4v) is 3.50. The van der Waals surface area contributed by atoms with Crippen LogP contribution < -0.4 is 4.90 Å². The van der Waals surface area contributed by atoms with E-state index >= 15 is 0 Å². The molecule has 1 aromatic heterocycles. The van der Waals surface area contributed by atoms with Gasteiger partial charge in [0.2, 0.25) is 0 Å². The van der Waals surface area contributed by atoms with Crippen LogP contribution >= 0.6 is 11.3 Å². The third-order valence-electron chi connectivity index (χ3n) is 3.62. The van der Waals surface area contributed by atoms with Crippen molar-refractivity contribution in [2.24, 2.45) is 0 Å². The maximum absolute atomic E-state index is 13.0. The Kier molecular flexibility index (Phi) is 4.03. The summed E-state index contributed by atoms with van der Waals surface area (Å²) in [6.45, 7) is 5.13. The molecule has 2 aromatic rings. The first kappa shape index (κ1) is 14.2. The smallest absolute Gasteiger partial charge is 0.270 e. The van der Waals surface area contributed by atoms with Gasteiger partial charge in [-0.15, -0.1) is 11.3 Å². The van der Waals surface area contributed by atoms with E-state index in [9.17, 15) is 4.79 Å². The number of benzene rings is 1. The zero-order valence-electron chi connectivity index (χ0n) is 12.2. The predicted octanol–water partition coefficient (Wildman–Crippen LogP) is 3.20. The lowest BCUT2D eigenvalue weighted by molar-refractivity contribution is 0.0975. The van der Waals surface area contributed by atoms with Crippen LogP contribution in [0.4, 0.5) is 5.69 Å². The normalized spacial score (nSPS) is 17.9. The van der Waals surface area contributed by atoms with Gasteiger partial charge in [-0.3, -0.25) is 4.79 Å². The number of para-hydroxylation sites is 1. The van der Waals surface area contributed by atoms with Crippen molar-refractivity contribution < 1.29 is 9.53 Å². The highest BCUT2D eigenvalue weighted by atomic mass is 32.1. The number of anilines is 1. The van der Waals surface area contributed by atoms with Gasteiger partial charge >= 0.3 is 0 Å². The van der Waals surface area contributed by atoms with Gasteiger partial charge in [0, 0.05) is 12.3 Å². The monoisotopic (exact) mass is 302 g/mol. The Morgan fingerprint density at radius 3 is 2.67 bits per heavy atom. The molecule has 0 spiro atoms. The Bertz CT molecular complexity index is 633. The number of rotatable bonds is 3. The lowest BCUT2D eigenvalue weighted by Crippen LogP contribution is -2.40. The van der Waals surface area contributed by atoms with Crippen molar-refractivity contribution in [2.75, 3.05) is 18.1 Å². The van der Waals surface area contributed by atoms with E-state index in [1.807, 2.05) is 49.1 Å². The fraction of sp³-hybridized carbons (Fsp3) is 0.375. The zero-order valence-corrected chi connectivity index (χ0v) is 13.0. The van der Waals surface area contributed by atoms with E-state index in [1.54, 1.807) is 0 Å². The number of nitrogens with zero attached hydrogens (tertiary/aromatic N) is 2. The van der Waals surface area contributed by atoms with Crippen molar-refractivity contribution in [3.8, 4) is 0 Å². The van der Waals surface area contributed by atoms with E-state index in [0.717, 1.165) is 27.7 Å². The summed E-state index contributed by atoms with van der Waals surface area (Å²) in [6, 6.07) is 9.91. The molecular weight excluding hydrogens is 284 g/mol. The zero-order chi connectivity index (χ0) is 14.8. The van der Waals surface area contributed by atoms with Crippen molar-refractivity contribution in [3.63, 3.8) is 0 Å². The van der Waals surface area contributed by atoms with Gasteiger partial charge in [-0.05, 0) is 32.4 Å². The van der Waals surface area contributed by atoms with Crippen LogP contribution in [0.5, 0.6) is 0 Å². The standard InChI is InChI=1S/C16H18N2O2S/c1-11-15(21-12(2)17-11)16(19)18(14-8-9-20-10-14)13-6-4-3-5-7-13/h3-7,14H,8-10H2,1-2H3/t14-/m1/s1. The number of carbonyl (C=O) groups excluding carboxylic acids is 1. The van der Waals surface area contributed by atoms with Gasteiger partial charge in [0.1, 0.15) is 4.88 Å². The molecule has 4 nitrogen and oxygen atoms in total. The molecule has 1 aliphatic rings. The Hall–Kier alpha value is -1.72. The van der Waals surface area contributed by atoms with E-state index < -0.39 is 0 Å². The molecule has 0 bridgehead atoms. The number of hydrogen-bond acceptors (Lipinski definition) is 4. The molecule has 0 N–H and O–H groups in total.